The van der Waals surface area contributed by atoms with Crippen LogP contribution in [0, 0.1) is 0 Å². The number of rotatable bonds is 7. The Balaban J connectivity index is 1.38. The van der Waals surface area contributed by atoms with Gasteiger partial charge in [0, 0.05) is 29.2 Å². The average molecular weight is 481 g/mol. The Bertz CT molecular complexity index is 1620. The molecular formula is C27H24N6OS. The fourth-order valence-corrected chi connectivity index (χ4v) is 4.84. The van der Waals surface area contributed by atoms with E-state index in [2.05, 4.69) is 66.2 Å². The molecule has 0 radical (unpaired) electrons. The minimum atomic E-state index is 0.601. The van der Waals surface area contributed by atoms with Gasteiger partial charge in [-0.25, -0.2) is 4.98 Å². The molecule has 0 atom stereocenters. The highest BCUT2D eigenvalue weighted by molar-refractivity contribution is 7.08. The molecule has 174 valence electrons. The van der Waals surface area contributed by atoms with Gasteiger partial charge in [0.25, 0.3) is 0 Å². The van der Waals surface area contributed by atoms with E-state index in [0.29, 0.717) is 6.61 Å². The van der Waals surface area contributed by atoms with Gasteiger partial charge < -0.3 is 14.6 Å². The lowest BCUT2D eigenvalue weighted by Crippen LogP contribution is -2.19. The van der Waals surface area contributed by atoms with Crippen LogP contribution in [0.2, 0.25) is 0 Å². The molecule has 0 aliphatic carbocycles. The van der Waals surface area contributed by atoms with Gasteiger partial charge in [0.2, 0.25) is 0 Å². The highest BCUT2D eigenvalue weighted by Gasteiger charge is 2.15. The van der Waals surface area contributed by atoms with Gasteiger partial charge in [-0.3, -0.25) is 10.1 Å². The summed E-state index contributed by atoms with van der Waals surface area (Å²) in [6.07, 6.45) is 3.54. The summed E-state index contributed by atoms with van der Waals surface area (Å²) < 4.78 is 5.87. The molecule has 8 heteroatoms. The number of nitrogens with one attached hydrogen (secondary N) is 2. The van der Waals surface area contributed by atoms with E-state index in [0.717, 1.165) is 51.5 Å². The van der Waals surface area contributed by atoms with Crippen molar-refractivity contribution in [3.63, 3.8) is 0 Å². The summed E-state index contributed by atoms with van der Waals surface area (Å²) in [5.74, 6) is 0.732. The number of H-pyrrole nitrogens is 2. The van der Waals surface area contributed by atoms with Crippen molar-refractivity contribution in [3.05, 3.63) is 71.7 Å². The third kappa shape index (κ3) is 4.18. The number of likely N-dealkylation sites (N-methyl/N-ethyl adjacent to an activating group) is 1. The smallest absolute Gasteiger partial charge is 0.138 e. The lowest BCUT2D eigenvalue weighted by atomic mass is 10.0. The lowest BCUT2D eigenvalue weighted by Gasteiger charge is -2.11. The molecule has 7 nitrogen and oxygen atoms in total. The summed E-state index contributed by atoms with van der Waals surface area (Å²) in [7, 11) is 4.05. The van der Waals surface area contributed by atoms with Crippen LogP contribution < -0.4 is 4.74 Å². The molecule has 35 heavy (non-hydrogen) atoms. The monoisotopic (exact) mass is 480 g/mol. The fraction of sp³-hybridized carbons (Fsp3) is 0.148. The molecular weight excluding hydrogens is 456 g/mol. The zero-order valence-corrected chi connectivity index (χ0v) is 20.3. The molecule has 6 aromatic rings. The Labute approximate surface area is 206 Å². The van der Waals surface area contributed by atoms with Gasteiger partial charge in [0.1, 0.15) is 23.6 Å². The second-order valence-corrected chi connectivity index (χ2v) is 9.47. The summed E-state index contributed by atoms with van der Waals surface area (Å²) >= 11 is 1.70. The molecule has 0 fully saturated rings. The topological polar surface area (TPSA) is 82.7 Å². The first-order valence-corrected chi connectivity index (χ1v) is 12.3. The van der Waals surface area contributed by atoms with E-state index in [1.54, 1.807) is 17.5 Å². The zero-order valence-electron chi connectivity index (χ0n) is 19.4. The third-order valence-electron chi connectivity index (χ3n) is 5.98. The van der Waals surface area contributed by atoms with E-state index < -0.39 is 0 Å². The molecule has 0 unspecified atom stereocenters. The van der Waals surface area contributed by atoms with Gasteiger partial charge in [-0.15, -0.1) is 0 Å². The zero-order chi connectivity index (χ0) is 23.8. The van der Waals surface area contributed by atoms with Crippen molar-refractivity contribution in [1.29, 1.82) is 0 Å². The van der Waals surface area contributed by atoms with Crippen LogP contribution >= 0.6 is 11.3 Å². The average Bonchev–Trinajstić information content (AvgIpc) is 3.62. The largest absolute Gasteiger partial charge is 0.491 e. The van der Waals surface area contributed by atoms with Gasteiger partial charge in [0.15, 0.2) is 0 Å². The van der Waals surface area contributed by atoms with Crippen molar-refractivity contribution >= 4 is 33.3 Å². The Morgan fingerprint density at radius 1 is 1.00 bits per heavy atom. The van der Waals surface area contributed by atoms with E-state index in [9.17, 15) is 0 Å². The maximum absolute atomic E-state index is 5.87. The highest BCUT2D eigenvalue weighted by atomic mass is 32.1. The second kappa shape index (κ2) is 8.98. The van der Waals surface area contributed by atoms with Crippen LogP contribution in [0.4, 0.5) is 0 Å². The summed E-state index contributed by atoms with van der Waals surface area (Å²) in [6, 6.07) is 16.6. The number of ether oxygens (including phenoxy) is 1. The van der Waals surface area contributed by atoms with Crippen molar-refractivity contribution in [3.8, 4) is 39.5 Å². The summed E-state index contributed by atoms with van der Waals surface area (Å²) in [5, 5.41) is 13.2. The van der Waals surface area contributed by atoms with Crippen LogP contribution in [0.5, 0.6) is 5.75 Å². The molecule has 0 aliphatic heterocycles. The van der Waals surface area contributed by atoms with Gasteiger partial charge in [0.05, 0.1) is 23.1 Å². The first kappa shape index (κ1) is 21.5. The van der Waals surface area contributed by atoms with Crippen molar-refractivity contribution in [2.75, 3.05) is 27.2 Å². The Hall–Kier alpha value is -4.01. The van der Waals surface area contributed by atoms with Crippen molar-refractivity contribution in [2.24, 2.45) is 0 Å². The van der Waals surface area contributed by atoms with E-state index in [-0.39, 0.29) is 0 Å². The number of aromatic amines is 2. The number of thiophene rings is 1. The summed E-state index contributed by atoms with van der Waals surface area (Å²) in [5.41, 5.74) is 8.63. The Kier molecular flexibility index (Phi) is 5.52. The number of benzene rings is 1. The molecule has 0 amide bonds. The molecule has 5 heterocycles. The molecule has 0 saturated heterocycles. The van der Waals surface area contributed by atoms with Crippen LogP contribution in [0.1, 0.15) is 0 Å². The normalized spacial score (nSPS) is 11.6. The van der Waals surface area contributed by atoms with Crippen molar-refractivity contribution < 1.29 is 4.74 Å². The maximum atomic E-state index is 5.87. The van der Waals surface area contributed by atoms with Crippen LogP contribution in [-0.4, -0.2) is 57.3 Å². The summed E-state index contributed by atoms with van der Waals surface area (Å²) in [4.78, 5) is 14.9. The predicted octanol–water partition coefficient (Wildman–Crippen LogP) is 5.84. The fourth-order valence-electron chi connectivity index (χ4n) is 4.18. The molecule has 0 bridgehead atoms. The molecule has 5 aromatic heterocycles. The maximum Gasteiger partial charge on any atom is 0.138 e. The molecule has 6 rings (SSSR count). The standard InChI is InChI=1S/C27H24N6OS/c1-33(2)9-10-34-19-12-18(14-28-15-19)22-6-7-24-26(30-22)27(32-31-24)25-13-21-20(17-8-11-35-16-17)4-3-5-23(21)29-25/h3-8,11-16,29H,9-10H2,1-2H3,(H,31,32). The van der Waals surface area contributed by atoms with Gasteiger partial charge in [-0.05, 0) is 72.4 Å². The lowest BCUT2D eigenvalue weighted by molar-refractivity contribution is 0.261. The quantitative estimate of drug-likeness (QED) is 0.300. The van der Waals surface area contributed by atoms with Crippen LogP contribution in [0.15, 0.2) is 71.7 Å². The van der Waals surface area contributed by atoms with Crippen molar-refractivity contribution in [2.45, 2.75) is 0 Å². The molecule has 0 saturated carbocycles. The summed E-state index contributed by atoms with van der Waals surface area (Å²) in [6.45, 7) is 1.44. The van der Waals surface area contributed by atoms with Gasteiger partial charge in [-0.1, -0.05) is 12.1 Å². The molecule has 0 spiro atoms. The Morgan fingerprint density at radius 2 is 1.94 bits per heavy atom. The molecule has 1 aromatic carbocycles. The number of fused-ring (bicyclic) bond motifs is 2. The van der Waals surface area contributed by atoms with E-state index in [4.69, 9.17) is 9.72 Å². The number of nitrogens with zero attached hydrogens (tertiary/aromatic N) is 4. The molecule has 2 N–H and O–H groups in total. The Morgan fingerprint density at radius 3 is 2.80 bits per heavy atom. The van der Waals surface area contributed by atoms with Crippen molar-refractivity contribution in [1.82, 2.24) is 30.0 Å². The van der Waals surface area contributed by atoms with E-state index >= 15 is 0 Å². The number of hydrogen-bond acceptors (Lipinski definition) is 6. The number of pyridine rings is 2. The predicted molar refractivity (Wildman–Crippen MR) is 142 cm³/mol. The second-order valence-electron chi connectivity index (χ2n) is 8.69. The van der Waals surface area contributed by atoms with Crippen LogP contribution in [0.25, 0.3) is 55.7 Å². The highest BCUT2D eigenvalue weighted by Crippen LogP contribution is 2.35. The molecule has 0 aliphatic rings. The van der Waals surface area contributed by atoms with Crippen LogP contribution in [0.3, 0.4) is 0 Å². The van der Waals surface area contributed by atoms with Gasteiger partial charge >= 0.3 is 0 Å². The number of hydrogen-bond donors (Lipinski definition) is 2. The van der Waals surface area contributed by atoms with E-state index in [1.165, 1.54) is 16.5 Å². The minimum Gasteiger partial charge on any atom is -0.491 e. The SMILES string of the molecule is CN(C)CCOc1cncc(-c2ccc3[nH]nc(-c4cc5c(-c6ccsc6)cccc5[nH]4)c3n2)c1. The first-order valence-electron chi connectivity index (χ1n) is 11.4. The minimum absolute atomic E-state index is 0.601. The van der Waals surface area contributed by atoms with Crippen LogP contribution in [-0.2, 0) is 0 Å². The first-order chi connectivity index (χ1) is 17.2. The number of aromatic nitrogens is 5. The van der Waals surface area contributed by atoms with Gasteiger partial charge in [-0.2, -0.15) is 16.4 Å². The third-order valence-corrected chi connectivity index (χ3v) is 6.66. The van der Waals surface area contributed by atoms with E-state index in [1.807, 2.05) is 38.5 Å².